The summed E-state index contributed by atoms with van der Waals surface area (Å²) in [7, 11) is 0. The van der Waals surface area contributed by atoms with Gasteiger partial charge in [0.05, 0.1) is 6.61 Å². The van der Waals surface area contributed by atoms with E-state index in [1.165, 1.54) is 11.1 Å². The molecule has 1 aliphatic heterocycles. The van der Waals surface area contributed by atoms with Crippen molar-refractivity contribution in [2.45, 2.75) is 13.0 Å². The molecule has 1 heterocycles. The minimum Gasteiger partial charge on any atom is -0.368 e. The fourth-order valence-electron chi connectivity index (χ4n) is 1.19. The molecule has 0 amide bonds. The predicted octanol–water partition coefficient (Wildman–Crippen LogP) is 2.83. The fraction of sp³-hybridized carbons (Fsp3) is 0.333. The van der Waals surface area contributed by atoms with Crippen LogP contribution in [0, 0.1) is 6.92 Å². The predicted molar refractivity (Wildman–Crippen MR) is 47.6 cm³/mol. The lowest BCUT2D eigenvalue weighted by molar-refractivity contribution is 0.415. The van der Waals surface area contributed by atoms with Gasteiger partial charge in [0.2, 0.25) is 0 Å². The number of rotatable bonds is 1. The second kappa shape index (κ2) is 2.61. The lowest BCUT2D eigenvalue weighted by Crippen LogP contribution is -1.82. The number of hydrogen-bond donors (Lipinski definition) is 0. The molecule has 0 N–H and O–H groups in total. The van der Waals surface area contributed by atoms with Crippen molar-refractivity contribution < 1.29 is 4.74 Å². The first-order valence-electron chi connectivity index (χ1n) is 3.64. The Bertz CT molecular complexity index is 259. The van der Waals surface area contributed by atoms with Gasteiger partial charge in [-0.15, -0.1) is 0 Å². The third-order valence-corrected chi connectivity index (χ3v) is 2.23. The third-order valence-electron chi connectivity index (χ3n) is 1.77. The van der Waals surface area contributed by atoms with Crippen molar-refractivity contribution in [2.24, 2.45) is 0 Å². The molecular weight excluding hydrogens is 204 g/mol. The van der Waals surface area contributed by atoms with Crippen molar-refractivity contribution in [3.05, 3.63) is 33.8 Å². The van der Waals surface area contributed by atoms with Crippen molar-refractivity contribution in [1.82, 2.24) is 0 Å². The molecule has 0 saturated carbocycles. The Hall–Kier alpha value is -0.340. The maximum Gasteiger partial charge on any atom is 0.106 e. The number of aryl methyl sites for hydroxylation is 1. The second-order valence-corrected chi connectivity index (χ2v) is 3.80. The summed E-state index contributed by atoms with van der Waals surface area (Å²) < 4.78 is 6.33. The van der Waals surface area contributed by atoms with E-state index in [2.05, 4.69) is 41.1 Å². The highest BCUT2D eigenvalue weighted by Crippen LogP contribution is 2.31. The minimum absolute atomic E-state index is 0.367. The van der Waals surface area contributed by atoms with Crippen molar-refractivity contribution in [1.29, 1.82) is 0 Å². The zero-order valence-electron chi connectivity index (χ0n) is 6.30. The van der Waals surface area contributed by atoms with Gasteiger partial charge in [-0.1, -0.05) is 22.0 Å². The SMILES string of the molecule is Cc1cc(Br)cc(C2CO2)c1. The molecule has 0 aromatic heterocycles. The first-order chi connectivity index (χ1) is 5.25. The van der Waals surface area contributed by atoms with Crippen molar-refractivity contribution in [3.63, 3.8) is 0 Å². The molecule has 1 unspecified atom stereocenters. The molecule has 2 heteroatoms. The molecule has 0 radical (unpaired) electrons. The van der Waals surface area contributed by atoms with Gasteiger partial charge < -0.3 is 4.74 Å². The van der Waals surface area contributed by atoms with Gasteiger partial charge in [-0.25, -0.2) is 0 Å². The zero-order chi connectivity index (χ0) is 7.84. The van der Waals surface area contributed by atoms with Crippen LogP contribution in [0.5, 0.6) is 0 Å². The normalized spacial score (nSPS) is 21.8. The lowest BCUT2D eigenvalue weighted by Gasteiger charge is -1.99. The molecule has 58 valence electrons. The summed E-state index contributed by atoms with van der Waals surface area (Å²) in [6, 6.07) is 6.39. The molecule has 1 atom stereocenters. The summed E-state index contributed by atoms with van der Waals surface area (Å²) in [5.41, 5.74) is 2.57. The Morgan fingerprint density at radius 3 is 2.73 bits per heavy atom. The standard InChI is InChI=1S/C9H9BrO/c1-6-2-7(9-5-11-9)4-8(10)3-6/h2-4,9H,5H2,1H3. The van der Waals surface area contributed by atoms with E-state index in [1.54, 1.807) is 0 Å². The second-order valence-electron chi connectivity index (χ2n) is 2.88. The van der Waals surface area contributed by atoms with Gasteiger partial charge in [0, 0.05) is 4.47 Å². The van der Waals surface area contributed by atoms with Crippen LogP contribution in [0.2, 0.25) is 0 Å². The van der Waals surface area contributed by atoms with Gasteiger partial charge in [-0.2, -0.15) is 0 Å². The van der Waals surface area contributed by atoms with Crippen LogP contribution in [-0.4, -0.2) is 6.61 Å². The molecular formula is C9H9BrO. The van der Waals surface area contributed by atoms with Crippen LogP contribution >= 0.6 is 15.9 Å². The van der Waals surface area contributed by atoms with E-state index in [-0.39, 0.29) is 0 Å². The summed E-state index contributed by atoms with van der Waals surface area (Å²) in [6.45, 7) is 2.98. The van der Waals surface area contributed by atoms with Gasteiger partial charge in [-0.05, 0) is 30.2 Å². The molecule has 0 aliphatic carbocycles. The first-order valence-corrected chi connectivity index (χ1v) is 4.44. The Balaban J connectivity index is 2.39. The summed E-state index contributed by atoms with van der Waals surface area (Å²) in [5, 5.41) is 0. The molecule has 1 aromatic rings. The van der Waals surface area contributed by atoms with E-state index in [1.807, 2.05) is 0 Å². The molecule has 1 aromatic carbocycles. The largest absolute Gasteiger partial charge is 0.368 e. The average Bonchev–Trinajstić information content (AvgIpc) is 2.64. The van der Waals surface area contributed by atoms with Crippen LogP contribution in [0.4, 0.5) is 0 Å². The van der Waals surface area contributed by atoms with E-state index in [9.17, 15) is 0 Å². The number of epoxide rings is 1. The number of halogens is 1. The van der Waals surface area contributed by atoms with Gasteiger partial charge in [-0.3, -0.25) is 0 Å². The fourth-order valence-corrected chi connectivity index (χ4v) is 1.82. The number of benzene rings is 1. The average molecular weight is 213 g/mol. The Morgan fingerprint density at radius 2 is 2.18 bits per heavy atom. The van der Waals surface area contributed by atoms with Crippen LogP contribution < -0.4 is 0 Å². The van der Waals surface area contributed by atoms with E-state index in [0.717, 1.165) is 11.1 Å². The Labute approximate surface area is 74.5 Å². The van der Waals surface area contributed by atoms with Crippen molar-refractivity contribution in [2.75, 3.05) is 6.61 Å². The zero-order valence-corrected chi connectivity index (χ0v) is 7.89. The lowest BCUT2D eigenvalue weighted by atomic mass is 10.1. The molecule has 1 nitrogen and oxygen atoms in total. The summed E-state index contributed by atoms with van der Waals surface area (Å²) in [6.07, 6.45) is 0.367. The number of ether oxygens (including phenoxy) is 1. The smallest absolute Gasteiger partial charge is 0.106 e. The molecule has 0 spiro atoms. The molecule has 0 bridgehead atoms. The van der Waals surface area contributed by atoms with Gasteiger partial charge in [0.25, 0.3) is 0 Å². The Kier molecular flexibility index (Phi) is 1.74. The van der Waals surface area contributed by atoms with E-state index in [0.29, 0.717) is 6.10 Å². The summed E-state index contributed by atoms with van der Waals surface area (Å²) in [5.74, 6) is 0. The quantitative estimate of drug-likeness (QED) is 0.653. The maximum absolute atomic E-state index is 5.18. The maximum atomic E-state index is 5.18. The third kappa shape index (κ3) is 1.63. The number of hydrogen-bond acceptors (Lipinski definition) is 1. The first kappa shape index (κ1) is 7.32. The van der Waals surface area contributed by atoms with Crippen LogP contribution in [-0.2, 0) is 4.74 Å². The highest BCUT2D eigenvalue weighted by atomic mass is 79.9. The molecule has 1 saturated heterocycles. The van der Waals surface area contributed by atoms with Crippen molar-refractivity contribution >= 4 is 15.9 Å². The molecule has 1 aliphatic rings. The molecule has 2 rings (SSSR count). The molecule has 1 fully saturated rings. The van der Waals surface area contributed by atoms with E-state index >= 15 is 0 Å². The van der Waals surface area contributed by atoms with Gasteiger partial charge >= 0.3 is 0 Å². The highest BCUT2D eigenvalue weighted by molar-refractivity contribution is 9.10. The van der Waals surface area contributed by atoms with E-state index < -0.39 is 0 Å². The van der Waals surface area contributed by atoms with Crippen LogP contribution in [0.15, 0.2) is 22.7 Å². The summed E-state index contributed by atoms with van der Waals surface area (Å²) >= 11 is 3.45. The van der Waals surface area contributed by atoms with Crippen LogP contribution in [0.1, 0.15) is 17.2 Å². The minimum atomic E-state index is 0.367. The molecule has 11 heavy (non-hydrogen) atoms. The summed E-state index contributed by atoms with van der Waals surface area (Å²) in [4.78, 5) is 0. The topological polar surface area (TPSA) is 12.5 Å². The highest BCUT2D eigenvalue weighted by Gasteiger charge is 2.24. The van der Waals surface area contributed by atoms with Crippen LogP contribution in [0.3, 0.4) is 0 Å². The van der Waals surface area contributed by atoms with Gasteiger partial charge in [0.1, 0.15) is 6.10 Å². The van der Waals surface area contributed by atoms with Gasteiger partial charge in [0.15, 0.2) is 0 Å². The monoisotopic (exact) mass is 212 g/mol. The Morgan fingerprint density at radius 1 is 1.45 bits per heavy atom. The van der Waals surface area contributed by atoms with E-state index in [4.69, 9.17) is 4.74 Å². The van der Waals surface area contributed by atoms with Crippen molar-refractivity contribution in [3.8, 4) is 0 Å². The van der Waals surface area contributed by atoms with Crippen LogP contribution in [0.25, 0.3) is 0 Å².